The number of nitrogens with zero attached hydrogens (tertiary/aromatic N) is 1. The van der Waals surface area contributed by atoms with Crippen LogP contribution in [0.5, 0.6) is 0 Å². The van der Waals surface area contributed by atoms with E-state index in [1.165, 1.54) is 25.3 Å². The van der Waals surface area contributed by atoms with Gasteiger partial charge in [0.15, 0.2) is 0 Å². The van der Waals surface area contributed by atoms with E-state index in [0.717, 1.165) is 6.42 Å². The Morgan fingerprint density at radius 2 is 2.00 bits per heavy atom. The lowest BCUT2D eigenvalue weighted by Gasteiger charge is -2.17. The average molecular weight is 453 g/mol. The molecule has 7 nitrogen and oxygen atoms in total. The highest BCUT2D eigenvalue weighted by Gasteiger charge is 2.25. The van der Waals surface area contributed by atoms with Crippen LogP contribution in [-0.4, -0.2) is 33.9 Å². The molecule has 0 aromatic heterocycles. The SMILES string of the molecule is COC(=O)c1cc(Br)ccc1S(=O)(=O)Nc1cccc(N2CCCC2=O)c1. The first-order valence-electron chi connectivity index (χ1n) is 8.13. The molecular weight excluding hydrogens is 436 g/mol. The van der Waals surface area contributed by atoms with Crippen LogP contribution in [0.3, 0.4) is 0 Å². The van der Waals surface area contributed by atoms with E-state index in [1.54, 1.807) is 29.2 Å². The number of halogens is 1. The summed E-state index contributed by atoms with van der Waals surface area (Å²) in [4.78, 5) is 25.3. The van der Waals surface area contributed by atoms with Gasteiger partial charge >= 0.3 is 5.97 Å². The van der Waals surface area contributed by atoms with Crippen molar-refractivity contribution in [2.45, 2.75) is 17.7 Å². The van der Waals surface area contributed by atoms with Gasteiger partial charge in [0.2, 0.25) is 5.91 Å². The summed E-state index contributed by atoms with van der Waals surface area (Å²) in [6, 6.07) is 10.8. The minimum absolute atomic E-state index is 0.0101. The van der Waals surface area contributed by atoms with Gasteiger partial charge in [-0.05, 0) is 42.8 Å². The number of esters is 1. The van der Waals surface area contributed by atoms with Crippen molar-refractivity contribution in [2.24, 2.45) is 0 Å². The Bertz CT molecular complexity index is 1010. The molecule has 1 saturated heterocycles. The molecule has 0 radical (unpaired) electrons. The van der Waals surface area contributed by atoms with Gasteiger partial charge in [-0.15, -0.1) is 0 Å². The predicted octanol–water partition coefficient (Wildman–Crippen LogP) is 3.16. The molecule has 2 aromatic rings. The zero-order chi connectivity index (χ0) is 19.6. The summed E-state index contributed by atoms with van der Waals surface area (Å²) >= 11 is 3.22. The Morgan fingerprint density at radius 3 is 2.67 bits per heavy atom. The van der Waals surface area contributed by atoms with Crippen LogP contribution < -0.4 is 9.62 Å². The van der Waals surface area contributed by atoms with Crippen molar-refractivity contribution >= 4 is 49.2 Å². The number of sulfonamides is 1. The predicted molar refractivity (Wildman–Crippen MR) is 104 cm³/mol. The number of carbonyl (C=O) groups excluding carboxylic acids is 2. The van der Waals surface area contributed by atoms with Crippen molar-refractivity contribution < 1.29 is 22.7 Å². The second-order valence-electron chi connectivity index (χ2n) is 5.94. The number of hydrogen-bond acceptors (Lipinski definition) is 5. The first-order valence-corrected chi connectivity index (χ1v) is 10.4. The van der Waals surface area contributed by atoms with Crippen LogP contribution in [0.1, 0.15) is 23.2 Å². The molecule has 1 aliphatic heterocycles. The summed E-state index contributed by atoms with van der Waals surface area (Å²) in [7, 11) is -2.86. The molecule has 1 fully saturated rings. The molecule has 0 spiro atoms. The molecule has 1 aliphatic rings. The maximum absolute atomic E-state index is 12.8. The second-order valence-corrected chi connectivity index (χ2v) is 8.50. The lowest BCUT2D eigenvalue weighted by atomic mass is 10.2. The zero-order valence-corrected chi connectivity index (χ0v) is 16.8. The highest BCUT2D eigenvalue weighted by molar-refractivity contribution is 9.10. The Balaban J connectivity index is 1.94. The Hall–Kier alpha value is -2.39. The standard InChI is InChI=1S/C18H17BrN2O5S/c1-26-18(23)15-10-12(19)7-8-16(15)27(24,25)20-13-4-2-5-14(11-13)21-9-3-6-17(21)22/h2,4-5,7-8,10-11,20H,3,6,9H2,1H3. The third-order valence-corrected chi connectivity index (χ3v) is 6.05. The minimum Gasteiger partial charge on any atom is -0.465 e. The van der Waals surface area contributed by atoms with E-state index < -0.39 is 16.0 Å². The monoisotopic (exact) mass is 452 g/mol. The molecular formula is C18H17BrN2O5S. The third kappa shape index (κ3) is 4.14. The molecule has 9 heteroatoms. The maximum atomic E-state index is 12.8. The van der Waals surface area contributed by atoms with E-state index in [4.69, 9.17) is 0 Å². The van der Waals surface area contributed by atoms with Crippen LogP contribution in [0.2, 0.25) is 0 Å². The summed E-state index contributed by atoms with van der Waals surface area (Å²) < 4.78 is 33.4. The maximum Gasteiger partial charge on any atom is 0.339 e. The zero-order valence-electron chi connectivity index (χ0n) is 14.4. The molecule has 0 bridgehead atoms. The van der Waals surface area contributed by atoms with Gasteiger partial charge in [0.1, 0.15) is 4.90 Å². The molecule has 0 unspecified atom stereocenters. The number of carbonyl (C=O) groups is 2. The van der Waals surface area contributed by atoms with E-state index in [2.05, 4.69) is 25.4 Å². The fourth-order valence-electron chi connectivity index (χ4n) is 2.87. The van der Waals surface area contributed by atoms with Crippen molar-refractivity contribution in [3.63, 3.8) is 0 Å². The summed E-state index contributed by atoms with van der Waals surface area (Å²) in [6.45, 7) is 0.605. The topological polar surface area (TPSA) is 92.8 Å². The van der Waals surface area contributed by atoms with Gasteiger partial charge in [-0.25, -0.2) is 13.2 Å². The highest BCUT2D eigenvalue weighted by Crippen LogP contribution is 2.27. The Morgan fingerprint density at radius 1 is 1.22 bits per heavy atom. The van der Waals surface area contributed by atoms with E-state index in [0.29, 0.717) is 28.8 Å². The molecule has 142 valence electrons. The van der Waals surface area contributed by atoms with Crippen LogP contribution >= 0.6 is 15.9 Å². The summed E-state index contributed by atoms with van der Waals surface area (Å²) in [5.41, 5.74) is 0.845. The van der Waals surface area contributed by atoms with E-state index in [1.807, 2.05) is 0 Å². The van der Waals surface area contributed by atoms with Gasteiger partial charge in [-0.2, -0.15) is 0 Å². The summed E-state index contributed by atoms with van der Waals surface area (Å²) in [5.74, 6) is -0.746. The van der Waals surface area contributed by atoms with Gasteiger partial charge in [0.05, 0.1) is 18.4 Å². The first kappa shape index (κ1) is 19.4. The molecule has 1 heterocycles. The number of methoxy groups -OCH3 is 1. The Labute approximate surface area is 165 Å². The molecule has 27 heavy (non-hydrogen) atoms. The lowest BCUT2D eigenvalue weighted by Crippen LogP contribution is -2.24. The normalized spacial score (nSPS) is 14.3. The van der Waals surface area contributed by atoms with E-state index >= 15 is 0 Å². The van der Waals surface area contributed by atoms with Crippen molar-refractivity contribution in [1.82, 2.24) is 0 Å². The van der Waals surface area contributed by atoms with Crippen molar-refractivity contribution in [2.75, 3.05) is 23.3 Å². The van der Waals surface area contributed by atoms with Gasteiger partial charge in [0, 0.05) is 23.1 Å². The van der Waals surface area contributed by atoms with Crippen LogP contribution in [0.15, 0.2) is 51.8 Å². The summed E-state index contributed by atoms with van der Waals surface area (Å²) in [6.07, 6.45) is 1.26. The summed E-state index contributed by atoms with van der Waals surface area (Å²) in [5, 5.41) is 0. The number of nitrogens with one attached hydrogen (secondary N) is 1. The number of hydrogen-bond donors (Lipinski definition) is 1. The van der Waals surface area contributed by atoms with Crippen LogP contribution in [-0.2, 0) is 19.6 Å². The van der Waals surface area contributed by atoms with E-state index in [-0.39, 0.29) is 16.4 Å². The van der Waals surface area contributed by atoms with Crippen LogP contribution in [0.25, 0.3) is 0 Å². The van der Waals surface area contributed by atoms with Gasteiger partial charge in [-0.3, -0.25) is 9.52 Å². The molecule has 0 saturated carbocycles. The second kappa shape index (κ2) is 7.69. The quantitative estimate of drug-likeness (QED) is 0.703. The van der Waals surface area contributed by atoms with Crippen LogP contribution in [0, 0.1) is 0 Å². The molecule has 3 rings (SSSR count). The van der Waals surface area contributed by atoms with E-state index in [9.17, 15) is 18.0 Å². The van der Waals surface area contributed by atoms with Crippen molar-refractivity contribution in [3.8, 4) is 0 Å². The third-order valence-electron chi connectivity index (χ3n) is 4.12. The number of amides is 1. The van der Waals surface area contributed by atoms with Gasteiger partial charge in [-0.1, -0.05) is 22.0 Å². The van der Waals surface area contributed by atoms with Crippen molar-refractivity contribution in [3.05, 3.63) is 52.5 Å². The molecule has 1 N–H and O–H groups in total. The highest BCUT2D eigenvalue weighted by atomic mass is 79.9. The van der Waals surface area contributed by atoms with Crippen LogP contribution in [0.4, 0.5) is 11.4 Å². The van der Waals surface area contributed by atoms with Gasteiger partial charge < -0.3 is 9.64 Å². The molecule has 0 atom stereocenters. The van der Waals surface area contributed by atoms with Gasteiger partial charge in [0.25, 0.3) is 10.0 Å². The average Bonchev–Trinajstić information content (AvgIpc) is 3.06. The Kier molecular flexibility index (Phi) is 5.52. The molecule has 1 amide bonds. The number of benzene rings is 2. The fourth-order valence-corrected chi connectivity index (χ4v) is 4.46. The first-order chi connectivity index (χ1) is 12.8. The number of rotatable bonds is 5. The molecule has 0 aliphatic carbocycles. The number of anilines is 2. The fraction of sp³-hybridized carbons (Fsp3) is 0.222. The smallest absolute Gasteiger partial charge is 0.339 e. The number of ether oxygens (including phenoxy) is 1. The minimum atomic E-state index is -4.04. The lowest BCUT2D eigenvalue weighted by molar-refractivity contribution is -0.117. The van der Waals surface area contributed by atoms with Crippen molar-refractivity contribution in [1.29, 1.82) is 0 Å². The molecule has 2 aromatic carbocycles. The largest absolute Gasteiger partial charge is 0.465 e.